The maximum atomic E-state index is 14.1. The molecular formula is C32H31N3O6S. The number of fused-ring (bicyclic) bond motifs is 2. The van der Waals surface area contributed by atoms with Gasteiger partial charge in [-0.05, 0) is 82.2 Å². The number of benzene rings is 2. The molecule has 0 saturated heterocycles. The highest BCUT2D eigenvalue weighted by atomic mass is 32.1. The van der Waals surface area contributed by atoms with Crippen molar-refractivity contribution < 1.29 is 23.7 Å². The van der Waals surface area contributed by atoms with Crippen LogP contribution in [0.1, 0.15) is 49.3 Å². The van der Waals surface area contributed by atoms with Crippen molar-refractivity contribution in [1.82, 2.24) is 9.13 Å². The molecule has 0 amide bonds. The molecule has 0 spiro atoms. The summed E-state index contributed by atoms with van der Waals surface area (Å²) in [6.45, 7) is 10.5. The second kappa shape index (κ2) is 11.0. The lowest BCUT2D eigenvalue weighted by atomic mass is 9.96. The van der Waals surface area contributed by atoms with E-state index in [1.54, 1.807) is 18.4 Å². The summed E-state index contributed by atoms with van der Waals surface area (Å²) in [5, 5.41) is 0. The third-order valence-corrected chi connectivity index (χ3v) is 8.38. The zero-order valence-corrected chi connectivity index (χ0v) is 24.9. The van der Waals surface area contributed by atoms with Crippen molar-refractivity contribution in [3.63, 3.8) is 0 Å². The minimum absolute atomic E-state index is 0.212. The van der Waals surface area contributed by atoms with Crippen LogP contribution in [-0.2, 0) is 9.53 Å². The molecule has 0 radical (unpaired) electrons. The second-order valence-corrected chi connectivity index (χ2v) is 11.0. The van der Waals surface area contributed by atoms with E-state index >= 15 is 0 Å². The molecule has 0 unspecified atom stereocenters. The zero-order chi connectivity index (χ0) is 29.5. The highest BCUT2D eigenvalue weighted by Gasteiger charge is 2.33. The first-order chi connectivity index (χ1) is 20.3. The molecule has 1 atom stereocenters. The molecule has 0 bridgehead atoms. The van der Waals surface area contributed by atoms with Crippen LogP contribution in [0.5, 0.6) is 17.2 Å². The largest absolute Gasteiger partial charge is 0.494 e. The molecule has 9 nitrogen and oxygen atoms in total. The van der Waals surface area contributed by atoms with Crippen LogP contribution in [0, 0.1) is 13.8 Å². The lowest BCUT2D eigenvalue weighted by molar-refractivity contribution is -0.139. The van der Waals surface area contributed by atoms with Gasteiger partial charge in [0.05, 0.1) is 35.1 Å². The van der Waals surface area contributed by atoms with E-state index in [-0.39, 0.29) is 19.0 Å². The number of aryl methyl sites for hydroxylation is 1. The van der Waals surface area contributed by atoms with Crippen LogP contribution < -0.4 is 29.1 Å². The van der Waals surface area contributed by atoms with E-state index in [1.807, 2.05) is 69.3 Å². The molecule has 10 heteroatoms. The number of carbonyl (C=O) groups excluding carboxylic acids is 1. The van der Waals surface area contributed by atoms with E-state index in [9.17, 15) is 9.59 Å². The number of thiazole rings is 1. The third-order valence-electron chi connectivity index (χ3n) is 7.40. The minimum atomic E-state index is -0.681. The molecule has 0 fully saturated rings. The number of carbonyl (C=O) groups is 1. The van der Waals surface area contributed by atoms with E-state index in [4.69, 9.17) is 18.9 Å². The molecule has 2 aliphatic rings. The van der Waals surface area contributed by atoms with Gasteiger partial charge in [0.15, 0.2) is 16.3 Å². The smallest absolute Gasteiger partial charge is 0.338 e. The Morgan fingerprint density at radius 2 is 1.81 bits per heavy atom. The van der Waals surface area contributed by atoms with Crippen LogP contribution in [0.25, 0.3) is 11.8 Å². The number of hydrogen-bond donors (Lipinski definition) is 0. The predicted octanol–water partition coefficient (Wildman–Crippen LogP) is 4.33. The van der Waals surface area contributed by atoms with Gasteiger partial charge in [-0.25, -0.2) is 9.79 Å². The number of allylic oxidation sites excluding steroid dienone is 1. The highest BCUT2D eigenvalue weighted by molar-refractivity contribution is 7.07. The minimum Gasteiger partial charge on any atom is -0.494 e. The molecule has 2 aromatic carbocycles. The van der Waals surface area contributed by atoms with Crippen molar-refractivity contribution in [2.75, 3.05) is 20.0 Å². The number of ether oxygens (including phenoxy) is 4. The van der Waals surface area contributed by atoms with Crippen molar-refractivity contribution in [1.29, 1.82) is 0 Å². The van der Waals surface area contributed by atoms with E-state index in [0.29, 0.717) is 38.7 Å². The molecule has 0 saturated carbocycles. The molecule has 2 aromatic heterocycles. The number of nitrogens with zero attached hydrogens (tertiary/aromatic N) is 3. The van der Waals surface area contributed by atoms with Gasteiger partial charge in [-0.1, -0.05) is 23.5 Å². The van der Waals surface area contributed by atoms with Gasteiger partial charge in [0.25, 0.3) is 5.56 Å². The summed E-state index contributed by atoms with van der Waals surface area (Å²) in [6, 6.07) is 14.7. The molecule has 0 aliphatic carbocycles. The summed E-state index contributed by atoms with van der Waals surface area (Å²) in [5.74, 6) is 1.66. The lowest BCUT2D eigenvalue weighted by Gasteiger charge is -2.24. The molecule has 4 aromatic rings. The zero-order valence-electron chi connectivity index (χ0n) is 24.1. The quantitative estimate of drug-likeness (QED) is 0.300. The normalized spacial score (nSPS) is 15.9. The molecule has 6 rings (SSSR count). The van der Waals surface area contributed by atoms with Crippen LogP contribution in [0.15, 0.2) is 69.6 Å². The van der Waals surface area contributed by atoms with E-state index in [2.05, 4.69) is 15.6 Å². The average molecular weight is 586 g/mol. The third kappa shape index (κ3) is 4.71. The van der Waals surface area contributed by atoms with Crippen LogP contribution in [0.4, 0.5) is 0 Å². The monoisotopic (exact) mass is 585 g/mol. The van der Waals surface area contributed by atoms with Gasteiger partial charge in [0, 0.05) is 23.1 Å². The maximum absolute atomic E-state index is 14.1. The predicted molar refractivity (Wildman–Crippen MR) is 159 cm³/mol. The van der Waals surface area contributed by atoms with Crippen LogP contribution in [0.3, 0.4) is 0 Å². The number of esters is 1. The Morgan fingerprint density at radius 1 is 1.05 bits per heavy atom. The fourth-order valence-corrected chi connectivity index (χ4v) is 6.55. The Balaban J connectivity index is 1.47. The summed E-state index contributed by atoms with van der Waals surface area (Å²) < 4.78 is 26.3. The van der Waals surface area contributed by atoms with E-state index in [1.165, 1.54) is 11.3 Å². The van der Waals surface area contributed by atoms with Gasteiger partial charge in [-0.15, -0.1) is 0 Å². The Labute approximate surface area is 246 Å². The second-order valence-electron chi connectivity index (χ2n) is 10.0. The molecule has 4 heterocycles. The van der Waals surface area contributed by atoms with E-state index in [0.717, 1.165) is 34.0 Å². The SMILES string of the molecule is CCOC(=O)C1=C(C)N=c2sc(=Cc3cc(C)n(-c4ccc5c(c4)OCO5)c3C)c(=O)n2[C@@H]1c1ccc(OCC)cc1. The number of aromatic nitrogens is 2. The van der Waals surface area contributed by atoms with Crippen LogP contribution in [-0.4, -0.2) is 35.1 Å². The lowest BCUT2D eigenvalue weighted by Crippen LogP contribution is -2.39. The van der Waals surface area contributed by atoms with E-state index < -0.39 is 12.0 Å². The Morgan fingerprint density at radius 3 is 2.55 bits per heavy atom. The Kier molecular flexibility index (Phi) is 7.24. The molecular weight excluding hydrogens is 554 g/mol. The molecule has 216 valence electrons. The van der Waals surface area contributed by atoms with Gasteiger partial charge in [-0.2, -0.15) is 0 Å². The number of rotatable bonds is 7. The summed E-state index contributed by atoms with van der Waals surface area (Å²) in [6.07, 6.45) is 1.90. The van der Waals surface area contributed by atoms with Gasteiger partial charge in [0.1, 0.15) is 5.75 Å². The topological polar surface area (TPSA) is 93.3 Å². The average Bonchev–Trinajstić information content (AvgIpc) is 3.64. The van der Waals surface area contributed by atoms with Crippen molar-refractivity contribution >= 4 is 23.4 Å². The number of hydrogen-bond acceptors (Lipinski definition) is 8. The fourth-order valence-electron chi connectivity index (χ4n) is 5.52. The first-order valence-electron chi connectivity index (χ1n) is 13.8. The highest BCUT2D eigenvalue weighted by Crippen LogP contribution is 2.35. The standard InChI is InChI=1S/C32H31N3O6S/c1-6-38-24-11-8-21(9-12-24)29-28(31(37)39-7-2)19(4)33-32-35(29)30(36)27(42-32)15-22-14-18(3)34(20(22)5)23-10-13-25-26(16-23)41-17-40-25/h8-16,29H,6-7,17H2,1-5H3/t29-/m1/s1. The first kappa shape index (κ1) is 27.6. The fraction of sp³-hybridized carbons (Fsp3) is 0.281. The summed E-state index contributed by atoms with van der Waals surface area (Å²) in [5.41, 5.74) is 5.27. The van der Waals surface area contributed by atoms with Crippen LogP contribution in [0.2, 0.25) is 0 Å². The summed E-state index contributed by atoms with van der Waals surface area (Å²) >= 11 is 1.30. The van der Waals surface area contributed by atoms with Crippen molar-refractivity contribution in [3.8, 4) is 22.9 Å². The van der Waals surface area contributed by atoms with Crippen molar-refractivity contribution in [2.45, 2.75) is 40.7 Å². The van der Waals surface area contributed by atoms with Crippen LogP contribution >= 0.6 is 11.3 Å². The van der Waals surface area contributed by atoms with Gasteiger partial charge >= 0.3 is 5.97 Å². The Bertz CT molecular complexity index is 1910. The first-order valence-corrected chi connectivity index (χ1v) is 14.6. The summed E-state index contributed by atoms with van der Waals surface area (Å²) in [4.78, 5) is 32.4. The Hall–Kier alpha value is -4.57. The van der Waals surface area contributed by atoms with Gasteiger partial charge in [0.2, 0.25) is 6.79 Å². The van der Waals surface area contributed by atoms with Gasteiger partial charge < -0.3 is 23.5 Å². The van der Waals surface area contributed by atoms with Crippen molar-refractivity contribution in [2.24, 2.45) is 4.99 Å². The summed E-state index contributed by atoms with van der Waals surface area (Å²) in [7, 11) is 0. The molecule has 0 N–H and O–H groups in total. The van der Waals surface area contributed by atoms with Gasteiger partial charge in [-0.3, -0.25) is 9.36 Å². The molecule has 42 heavy (non-hydrogen) atoms. The molecule has 2 aliphatic heterocycles. The maximum Gasteiger partial charge on any atom is 0.338 e. The van der Waals surface area contributed by atoms with Crippen molar-refractivity contribution in [3.05, 3.63) is 102 Å².